The molecule has 0 radical (unpaired) electrons. The SMILES string of the molecule is CC(=O)O[C@H]1C=C(Br)[C@@H](O)[C@@H](Br)[C@@H]1O. The van der Waals surface area contributed by atoms with Gasteiger partial charge in [0.15, 0.2) is 0 Å². The van der Waals surface area contributed by atoms with E-state index in [4.69, 9.17) is 4.74 Å². The average Bonchev–Trinajstić information content (AvgIpc) is 2.10. The largest absolute Gasteiger partial charge is 0.455 e. The lowest BCUT2D eigenvalue weighted by molar-refractivity contribution is -0.149. The summed E-state index contributed by atoms with van der Waals surface area (Å²) in [4.78, 5) is 10.1. The maximum atomic E-state index is 10.7. The van der Waals surface area contributed by atoms with E-state index in [9.17, 15) is 15.0 Å². The molecule has 1 aliphatic carbocycles. The van der Waals surface area contributed by atoms with Crippen molar-refractivity contribution in [2.75, 3.05) is 0 Å². The molecule has 6 heteroatoms. The van der Waals surface area contributed by atoms with Crippen LogP contribution in [0.3, 0.4) is 0 Å². The molecule has 0 aromatic carbocycles. The summed E-state index contributed by atoms with van der Waals surface area (Å²) in [7, 11) is 0. The Hall–Kier alpha value is 0.0900. The average molecular weight is 330 g/mol. The molecule has 0 aliphatic heterocycles. The van der Waals surface area contributed by atoms with Crippen LogP contribution in [-0.4, -0.2) is 39.3 Å². The first-order valence-electron chi connectivity index (χ1n) is 3.98. The molecule has 0 spiro atoms. The van der Waals surface area contributed by atoms with Crippen LogP contribution in [0.15, 0.2) is 10.6 Å². The van der Waals surface area contributed by atoms with Crippen LogP contribution >= 0.6 is 31.9 Å². The number of esters is 1. The monoisotopic (exact) mass is 328 g/mol. The van der Waals surface area contributed by atoms with Gasteiger partial charge in [-0.1, -0.05) is 31.9 Å². The Kier molecular flexibility index (Phi) is 4.12. The van der Waals surface area contributed by atoms with Crippen LogP contribution in [0.4, 0.5) is 0 Å². The Morgan fingerprint density at radius 2 is 2.14 bits per heavy atom. The molecule has 14 heavy (non-hydrogen) atoms. The van der Waals surface area contributed by atoms with Crippen molar-refractivity contribution < 1.29 is 19.7 Å². The van der Waals surface area contributed by atoms with E-state index in [1.165, 1.54) is 13.0 Å². The normalized spacial score (nSPS) is 37.6. The lowest BCUT2D eigenvalue weighted by Crippen LogP contribution is -2.45. The number of hydrogen-bond acceptors (Lipinski definition) is 4. The standard InChI is InChI=1S/C8H10Br2O4/c1-3(11)14-5-2-4(9)7(12)6(10)8(5)13/h2,5-8,12-13H,1H3/t5-,6+,7+,8+/m0/s1. The van der Waals surface area contributed by atoms with Gasteiger partial charge in [0.1, 0.15) is 18.3 Å². The van der Waals surface area contributed by atoms with Gasteiger partial charge in [0.25, 0.3) is 0 Å². The molecule has 0 aromatic rings. The summed E-state index contributed by atoms with van der Waals surface area (Å²) in [6.07, 6.45) is -1.02. The summed E-state index contributed by atoms with van der Waals surface area (Å²) in [5.41, 5.74) is 0. The summed E-state index contributed by atoms with van der Waals surface area (Å²) < 4.78 is 5.35. The third-order valence-corrected chi connectivity index (χ3v) is 3.65. The summed E-state index contributed by atoms with van der Waals surface area (Å²) in [6, 6.07) is 0. The number of halogens is 2. The van der Waals surface area contributed by atoms with Gasteiger partial charge in [-0.15, -0.1) is 0 Å². The molecule has 0 amide bonds. The first kappa shape index (κ1) is 12.2. The Morgan fingerprint density at radius 1 is 1.57 bits per heavy atom. The van der Waals surface area contributed by atoms with E-state index >= 15 is 0 Å². The molecule has 0 saturated heterocycles. The van der Waals surface area contributed by atoms with Crippen molar-refractivity contribution >= 4 is 37.8 Å². The molecule has 0 fully saturated rings. The second-order valence-electron chi connectivity index (χ2n) is 3.01. The number of alkyl halides is 1. The van der Waals surface area contributed by atoms with Gasteiger partial charge in [-0.2, -0.15) is 0 Å². The Bertz CT molecular complexity index is 266. The summed E-state index contributed by atoms with van der Waals surface area (Å²) in [6.45, 7) is 1.27. The van der Waals surface area contributed by atoms with Gasteiger partial charge in [0.2, 0.25) is 0 Å². The van der Waals surface area contributed by atoms with Gasteiger partial charge in [-0.05, 0) is 6.08 Å². The Balaban J connectivity index is 2.81. The zero-order valence-corrected chi connectivity index (χ0v) is 10.5. The van der Waals surface area contributed by atoms with Crippen molar-refractivity contribution in [3.05, 3.63) is 10.6 Å². The van der Waals surface area contributed by atoms with E-state index in [0.29, 0.717) is 4.48 Å². The van der Waals surface area contributed by atoms with Crippen LogP contribution in [0, 0.1) is 0 Å². The molecule has 80 valence electrons. The topological polar surface area (TPSA) is 66.8 Å². The molecule has 4 nitrogen and oxygen atoms in total. The summed E-state index contributed by atoms with van der Waals surface area (Å²) in [5, 5.41) is 19.1. The van der Waals surface area contributed by atoms with E-state index in [2.05, 4.69) is 31.9 Å². The number of carbonyl (C=O) groups is 1. The fourth-order valence-corrected chi connectivity index (χ4v) is 2.66. The number of hydrogen-bond donors (Lipinski definition) is 2. The van der Waals surface area contributed by atoms with E-state index in [-0.39, 0.29) is 0 Å². The molecule has 0 bridgehead atoms. The van der Waals surface area contributed by atoms with Gasteiger partial charge in [0.05, 0.1) is 4.83 Å². The highest BCUT2D eigenvalue weighted by atomic mass is 79.9. The van der Waals surface area contributed by atoms with E-state index < -0.39 is 29.1 Å². The lowest BCUT2D eigenvalue weighted by atomic mass is 9.99. The molecule has 4 atom stereocenters. The zero-order chi connectivity index (χ0) is 10.9. The molecule has 1 aliphatic rings. The molecule has 0 aromatic heterocycles. The highest BCUT2D eigenvalue weighted by Gasteiger charge is 2.37. The van der Waals surface area contributed by atoms with Crippen molar-refractivity contribution in [3.63, 3.8) is 0 Å². The molecular formula is C8H10Br2O4. The minimum atomic E-state index is -0.949. The van der Waals surface area contributed by atoms with Crippen LogP contribution in [-0.2, 0) is 9.53 Å². The third kappa shape index (κ3) is 2.56. The number of carbonyl (C=O) groups excluding carboxylic acids is 1. The molecular weight excluding hydrogens is 320 g/mol. The first-order chi connectivity index (χ1) is 6.43. The van der Waals surface area contributed by atoms with Gasteiger partial charge in [-0.3, -0.25) is 4.79 Å². The van der Waals surface area contributed by atoms with E-state index in [0.717, 1.165) is 0 Å². The highest BCUT2D eigenvalue weighted by molar-refractivity contribution is 9.12. The lowest BCUT2D eigenvalue weighted by Gasteiger charge is -2.31. The van der Waals surface area contributed by atoms with E-state index in [1.807, 2.05) is 0 Å². The van der Waals surface area contributed by atoms with Crippen LogP contribution in [0.5, 0.6) is 0 Å². The van der Waals surface area contributed by atoms with Crippen LogP contribution in [0.25, 0.3) is 0 Å². The van der Waals surface area contributed by atoms with Crippen molar-refractivity contribution in [3.8, 4) is 0 Å². The van der Waals surface area contributed by atoms with Crippen molar-refractivity contribution in [1.29, 1.82) is 0 Å². The summed E-state index contributed by atoms with van der Waals surface area (Å²) >= 11 is 6.26. The zero-order valence-electron chi connectivity index (χ0n) is 7.35. The maximum Gasteiger partial charge on any atom is 0.303 e. The summed E-state index contributed by atoms with van der Waals surface area (Å²) in [5.74, 6) is -0.471. The van der Waals surface area contributed by atoms with Gasteiger partial charge < -0.3 is 14.9 Å². The predicted molar refractivity (Wildman–Crippen MR) is 57.3 cm³/mol. The van der Waals surface area contributed by atoms with Gasteiger partial charge in [-0.25, -0.2) is 0 Å². The number of aliphatic hydroxyl groups excluding tert-OH is 2. The maximum absolute atomic E-state index is 10.7. The molecule has 0 unspecified atom stereocenters. The Labute approximate surface area is 98.2 Å². The second kappa shape index (κ2) is 4.74. The van der Waals surface area contributed by atoms with Crippen molar-refractivity contribution in [1.82, 2.24) is 0 Å². The molecule has 1 rings (SSSR count). The quantitative estimate of drug-likeness (QED) is 0.549. The van der Waals surface area contributed by atoms with Crippen molar-refractivity contribution in [2.24, 2.45) is 0 Å². The Morgan fingerprint density at radius 3 is 2.64 bits per heavy atom. The fraction of sp³-hybridized carbons (Fsp3) is 0.625. The molecule has 0 saturated carbocycles. The number of aliphatic hydroxyl groups is 2. The smallest absolute Gasteiger partial charge is 0.303 e. The van der Waals surface area contributed by atoms with Crippen LogP contribution in [0.1, 0.15) is 6.92 Å². The minimum absolute atomic E-state index is 0.471. The number of ether oxygens (including phenoxy) is 1. The van der Waals surface area contributed by atoms with Gasteiger partial charge >= 0.3 is 5.97 Å². The highest BCUT2D eigenvalue weighted by Crippen LogP contribution is 2.30. The molecule has 2 N–H and O–H groups in total. The minimum Gasteiger partial charge on any atom is -0.455 e. The third-order valence-electron chi connectivity index (χ3n) is 1.87. The second-order valence-corrected chi connectivity index (χ2v) is 4.98. The van der Waals surface area contributed by atoms with Crippen LogP contribution in [0.2, 0.25) is 0 Å². The fourth-order valence-electron chi connectivity index (χ4n) is 1.17. The molecule has 0 heterocycles. The van der Waals surface area contributed by atoms with Gasteiger partial charge in [0, 0.05) is 11.4 Å². The predicted octanol–water partition coefficient (Wildman–Crippen LogP) is 0.696. The first-order valence-corrected chi connectivity index (χ1v) is 5.69. The number of rotatable bonds is 1. The van der Waals surface area contributed by atoms with E-state index in [1.54, 1.807) is 0 Å². The van der Waals surface area contributed by atoms with Crippen LogP contribution < -0.4 is 0 Å². The van der Waals surface area contributed by atoms with Crippen molar-refractivity contribution in [2.45, 2.75) is 30.1 Å².